The summed E-state index contributed by atoms with van der Waals surface area (Å²) in [6.45, 7) is 9.14. The number of hydrogen-bond donors (Lipinski definition) is 2. The summed E-state index contributed by atoms with van der Waals surface area (Å²) in [4.78, 5) is 0. The van der Waals surface area contributed by atoms with Gasteiger partial charge in [-0.15, -0.1) is 0 Å². The van der Waals surface area contributed by atoms with Crippen LogP contribution in [0.1, 0.15) is 47.0 Å². The molecule has 110 valence electrons. The van der Waals surface area contributed by atoms with Crippen molar-refractivity contribution in [3.8, 4) is 0 Å². The molecule has 1 aliphatic heterocycles. The van der Waals surface area contributed by atoms with Crippen LogP contribution < -0.4 is 5.32 Å². The normalized spacial score (nSPS) is 22.9. The van der Waals surface area contributed by atoms with Gasteiger partial charge in [-0.2, -0.15) is 21.6 Å². The Balaban J connectivity index is 0.000000331. The van der Waals surface area contributed by atoms with Gasteiger partial charge >= 0.3 is 15.6 Å². The van der Waals surface area contributed by atoms with Gasteiger partial charge in [-0.05, 0) is 47.0 Å². The van der Waals surface area contributed by atoms with Crippen LogP contribution >= 0.6 is 0 Å². The molecule has 0 atom stereocenters. The van der Waals surface area contributed by atoms with Crippen molar-refractivity contribution in [3.05, 3.63) is 0 Å². The van der Waals surface area contributed by atoms with E-state index in [9.17, 15) is 13.2 Å². The highest BCUT2D eigenvalue weighted by atomic mass is 32.2. The van der Waals surface area contributed by atoms with Crippen molar-refractivity contribution < 1.29 is 26.1 Å². The highest BCUT2D eigenvalue weighted by Gasteiger charge is 2.44. The molecule has 0 aliphatic carbocycles. The van der Waals surface area contributed by atoms with E-state index in [0.717, 1.165) is 0 Å². The van der Waals surface area contributed by atoms with E-state index >= 15 is 0 Å². The van der Waals surface area contributed by atoms with E-state index in [0.29, 0.717) is 11.1 Å². The van der Waals surface area contributed by atoms with Gasteiger partial charge in [0.25, 0.3) is 0 Å². The summed E-state index contributed by atoms with van der Waals surface area (Å²) in [5.41, 5.74) is -4.81. The molecule has 1 aliphatic rings. The topological polar surface area (TPSA) is 66.4 Å². The molecule has 0 radical (unpaired) electrons. The van der Waals surface area contributed by atoms with Crippen molar-refractivity contribution in [2.24, 2.45) is 0 Å². The van der Waals surface area contributed by atoms with Crippen LogP contribution in [-0.2, 0) is 10.1 Å². The Bertz CT molecular complexity index is 360. The molecule has 8 heteroatoms. The third-order valence-corrected chi connectivity index (χ3v) is 3.16. The maximum Gasteiger partial charge on any atom is 0.522 e. The minimum atomic E-state index is -5.84. The summed E-state index contributed by atoms with van der Waals surface area (Å²) < 4.78 is 57.5. The molecule has 1 saturated heterocycles. The van der Waals surface area contributed by atoms with Crippen LogP contribution in [0.5, 0.6) is 0 Å². The predicted octanol–water partition coefficient (Wildman–Crippen LogP) is 2.71. The van der Waals surface area contributed by atoms with Crippen molar-refractivity contribution in [2.75, 3.05) is 0 Å². The molecular formula is C10H20F3NO3S. The van der Waals surface area contributed by atoms with Gasteiger partial charge in [-0.3, -0.25) is 4.55 Å². The monoisotopic (exact) mass is 291 g/mol. The van der Waals surface area contributed by atoms with Crippen molar-refractivity contribution >= 4 is 10.1 Å². The summed E-state index contributed by atoms with van der Waals surface area (Å²) in [5.74, 6) is 0. The van der Waals surface area contributed by atoms with Gasteiger partial charge < -0.3 is 5.32 Å². The lowest BCUT2D eigenvalue weighted by Gasteiger charge is -2.42. The van der Waals surface area contributed by atoms with Crippen molar-refractivity contribution in [2.45, 2.75) is 63.5 Å². The zero-order valence-electron chi connectivity index (χ0n) is 10.9. The van der Waals surface area contributed by atoms with Crippen LogP contribution in [0.2, 0.25) is 0 Å². The van der Waals surface area contributed by atoms with Crippen LogP contribution in [0.3, 0.4) is 0 Å². The van der Waals surface area contributed by atoms with Crippen LogP contribution in [0, 0.1) is 0 Å². The molecule has 0 saturated carbocycles. The Labute approximate surface area is 106 Å². The van der Waals surface area contributed by atoms with Gasteiger partial charge in [-0.25, -0.2) is 0 Å². The van der Waals surface area contributed by atoms with Gasteiger partial charge in [0.2, 0.25) is 0 Å². The highest BCUT2D eigenvalue weighted by molar-refractivity contribution is 7.86. The number of rotatable bonds is 0. The maximum absolute atomic E-state index is 10.7. The Morgan fingerprint density at radius 2 is 1.33 bits per heavy atom. The van der Waals surface area contributed by atoms with Crippen LogP contribution in [0.25, 0.3) is 0 Å². The van der Waals surface area contributed by atoms with Gasteiger partial charge in [0, 0.05) is 11.1 Å². The average molecular weight is 291 g/mol. The largest absolute Gasteiger partial charge is 0.522 e. The molecule has 2 N–H and O–H groups in total. The van der Waals surface area contributed by atoms with Crippen molar-refractivity contribution in [3.63, 3.8) is 0 Å². The third-order valence-electron chi connectivity index (χ3n) is 2.57. The zero-order valence-corrected chi connectivity index (χ0v) is 11.7. The van der Waals surface area contributed by atoms with E-state index in [1.807, 2.05) is 0 Å². The lowest BCUT2D eigenvalue weighted by atomic mass is 9.83. The number of piperidine rings is 1. The Morgan fingerprint density at radius 3 is 1.44 bits per heavy atom. The quantitative estimate of drug-likeness (QED) is 0.532. The fourth-order valence-electron chi connectivity index (χ4n) is 2.01. The Hall–Kier alpha value is -0.340. The fraction of sp³-hybridized carbons (Fsp3) is 1.00. The molecule has 0 unspecified atom stereocenters. The van der Waals surface area contributed by atoms with Crippen LogP contribution in [0.15, 0.2) is 0 Å². The standard InChI is InChI=1S/C9H19N.CHF3O3S/c1-8(2)6-5-7-9(3,4)10-8;2-1(3,4)8(5,6)7/h10H,5-7H2,1-4H3;(H,5,6,7). The molecule has 0 amide bonds. The molecule has 0 aromatic carbocycles. The molecule has 4 nitrogen and oxygen atoms in total. The summed E-state index contributed by atoms with van der Waals surface area (Å²) in [6, 6.07) is 0. The molecule has 0 aromatic rings. The van der Waals surface area contributed by atoms with Gasteiger partial charge in [0.05, 0.1) is 0 Å². The van der Waals surface area contributed by atoms with Gasteiger partial charge in [0.15, 0.2) is 0 Å². The minimum Gasteiger partial charge on any atom is -0.307 e. The summed E-state index contributed by atoms with van der Waals surface area (Å²) in [7, 11) is -5.84. The number of alkyl halides is 3. The van der Waals surface area contributed by atoms with E-state index in [2.05, 4.69) is 33.0 Å². The number of halogens is 3. The minimum absolute atomic E-state index is 0.363. The average Bonchev–Trinajstić information content (AvgIpc) is 1.94. The molecule has 1 fully saturated rings. The lowest BCUT2D eigenvalue weighted by molar-refractivity contribution is -0.0510. The van der Waals surface area contributed by atoms with Crippen molar-refractivity contribution in [1.29, 1.82) is 0 Å². The smallest absolute Gasteiger partial charge is 0.307 e. The lowest BCUT2D eigenvalue weighted by Crippen LogP contribution is -2.55. The third kappa shape index (κ3) is 6.55. The molecule has 0 spiro atoms. The number of hydrogen-bond acceptors (Lipinski definition) is 3. The van der Waals surface area contributed by atoms with Crippen LogP contribution in [0.4, 0.5) is 13.2 Å². The molecule has 1 heterocycles. The number of nitrogens with one attached hydrogen (secondary N) is 1. The molecule has 0 bridgehead atoms. The second-order valence-corrected chi connectivity index (χ2v) is 7.08. The van der Waals surface area contributed by atoms with E-state index in [4.69, 9.17) is 13.0 Å². The predicted molar refractivity (Wildman–Crippen MR) is 62.7 cm³/mol. The Morgan fingerprint density at radius 1 is 1.06 bits per heavy atom. The van der Waals surface area contributed by atoms with E-state index < -0.39 is 15.6 Å². The van der Waals surface area contributed by atoms with Gasteiger partial charge in [0.1, 0.15) is 0 Å². The SMILES string of the molecule is CC1(C)CCCC(C)(C)N1.O=S(=O)(O)C(F)(F)F. The second-order valence-electron chi connectivity index (χ2n) is 5.67. The first-order chi connectivity index (χ1) is 7.66. The van der Waals surface area contributed by atoms with Gasteiger partial charge in [-0.1, -0.05) is 0 Å². The fourth-order valence-corrected chi connectivity index (χ4v) is 2.01. The zero-order chi connectivity index (χ0) is 14.8. The molecule has 0 aromatic heterocycles. The van der Waals surface area contributed by atoms with E-state index in [-0.39, 0.29) is 0 Å². The molecule has 18 heavy (non-hydrogen) atoms. The first-order valence-corrected chi connectivity index (χ1v) is 6.93. The first kappa shape index (κ1) is 17.7. The summed E-state index contributed by atoms with van der Waals surface area (Å²) in [5, 5.41) is 3.63. The highest BCUT2D eigenvalue weighted by Crippen LogP contribution is 2.27. The summed E-state index contributed by atoms with van der Waals surface area (Å²) in [6.07, 6.45) is 4.00. The van der Waals surface area contributed by atoms with E-state index in [1.54, 1.807) is 0 Å². The Kier molecular flexibility index (Phi) is 5.24. The van der Waals surface area contributed by atoms with Crippen LogP contribution in [-0.4, -0.2) is 29.6 Å². The molecular weight excluding hydrogens is 271 g/mol. The summed E-state index contributed by atoms with van der Waals surface area (Å²) >= 11 is 0. The van der Waals surface area contributed by atoms with Crippen molar-refractivity contribution in [1.82, 2.24) is 5.32 Å². The molecule has 1 rings (SSSR count). The maximum atomic E-state index is 10.7. The second kappa shape index (κ2) is 5.34. The van der Waals surface area contributed by atoms with E-state index in [1.165, 1.54) is 19.3 Å². The first-order valence-electron chi connectivity index (χ1n) is 5.49.